The van der Waals surface area contributed by atoms with Gasteiger partial charge >= 0.3 is 0 Å². The molecule has 13 heavy (non-hydrogen) atoms. The number of pyridine rings is 1. The second-order valence-corrected chi connectivity index (χ2v) is 3.13. The van der Waals surface area contributed by atoms with Crippen LogP contribution in [0.1, 0.15) is 16.1 Å². The van der Waals surface area contributed by atoms with E-state index in [1.807, 2.05) is 5.43 Å². The van der Waals surface area contributed by atoms with Gasteiger partial charge in [-0.3, -0.25) is 10.2 Å². The Morgan fingerprint density at radius 3 is 2.77 bits per heavy atom. The van der Waals surface area contributed by atoms with Crippen molar-refractivity contribution < 1.29 is 4.79 Å². The summed E-state index contributed by atoms with van der Waals surface area (Å²) in [4.78, 5) is 15.0. The van der Waals surface area contributed by atoms with Gasteiger partial charge in [-0.25, -0.2) is 10.8 Å². The van der Waals surface area contributed by atoms with Crippen molar-refractivity contribution in [1.82, 2.24) is 10.4 Å². The number of aryl methyl sites for hydroxylation is 1. The Kier molecular flexibility index (Phi) is 3.08. The normalized spacial score (nSPS) is 9.85. The van der Waals surface area contributed by atoms with Gasteiger partial charge in [0.1, 0.15) is 5.15 Å². The van der Waals surface area contributed by atoms with Crippen LogP contribution in [0.4, 0.5) is 0 Å². The van der Waals surface area contributed by atoms with E-state index in [1.54, 1.807) is 6.92 Å². The molecular formula is C7H7Cl2N3O. The van der Waals surface area contributed by atoms with E-state index in [4.69, 9.17) is 29.0 Å². The molecule has 0 atom stereocenters. The zero-order valence-electron chi connectivity index (χ0n) is 6.77. The van der Waals surface area contributed by atoms with Crippen molar-refractivity contribution in [3.8, 4) is 0 Å². The average molecular weight is 220 g/mol. The number of nitrogen functional groups attached to an aromatic ring is 1. The van der Waals surface area contributed by atoms with Crippen LogP contribution in [-0.4, -0.2) is 10.9 Å². The van der Waals surface area contributed by atoms with E-state index < -0.39 is 5.91 Å². The van der Waals surface area contributed by atoms with Crippen molar-refractivity contribution in [3.63, 3.8) is 0 Å². The molecule has 0 aliphatic heterocycles. The smallest absolute Gasteiger partial charge is 0.267 e. The Bertz CT molecular complexity index is 354. The number of hydrazine groups is 1. The van der Waals surface area contributed by atoms with Crippen molar-refractivity contribution in [2.75, 3.05) is 0 Å². The summed E-state index contributed by atoms with van der Waals surface area (Å²) in [6.45, 7) is 1.65. The van der Waals surface area contributed by atoms with Gasteiger partial charge in [-0.1, -0.05) is 23.2 Å². The fourth-order valence-electron chi connectivity index (χ4n) is 0.859. The summed E-state index contributed by atoms with van der Waals surface area (Å²) in [5.41, 5.74) is 2.79. The van der Waals surface area contributed by atoms with Gasteiger partial charge in [0, 0.05) is 0 Å². The molecule has 0 bridgehead atoms. The molecule has 0 saturated heterocycles. The van der Waals surface area contributed by atoms with Crippen LogP contribution in [0.2, 0.25) is 10.2 Å². The van der Waals surface area contributed by atoms with Crippen LogP contribution in [0.25, 0.3) is 0 Å². The Balaban J connectivity index is 3.23. The number of nitrogens with zero attached hydrogens (tertiary/aromatic N) is 1. The van der Waals surface area contributed by atoms with E-state index in [9.17, 15) is 4.79 Å². The number of aromatic nitrogens is 1. The molecule has 1 aromatic heterocycles. The minimum atomic E-state index is -0.441. The van der Waals surface area contributed by atoms with Crippen molar-refractivity contribution in [2.45, 2.75) is 6.92 Å². The van der Waals surface area contributed by atoms with E-state index in [0.717, 1.165) is 0 Å². The lowest BCUT2D eigenvalue weighted by molar-refractivity contribution is 0.0952. The number of nitrogens with two attached hydrogens (primary N) is 1. The van der Waals surface area contributed by atoms with E-state index >= 15 is 0 Å². The lowest BCUT2D eigenvalue weighted by Gasteiger charge is -2.04. The molecule has 1 heterocycles. The lowest BCUT2D eigenvalue weighted by Crippen LogP contribution is -2.30. The third-order valence-electron chi connectivity index (χ3n) is 1.50. The first-order chi connectivity index (χ1) is 6.06. The maximum absolute atomic E-state index is 11.1. The summed E-state index contributed by atoms with van der Waals surface area (Å²) < 4.78 is 0. The number of rotatable bonds is 1. The van der Waals surface area contributed by atoms with Crippen molar-refractivity contribution in [1.29, 1.82) is 0 Å². The number of carbonyl (C=O) groups is 1. The number of hydrogen-bond acceptors (Lipinski definition) is 3. The number of carbonyl (C=O) groups excluding carboxylic acids is 1. The first-order valence-corrected chi connectivity index (χ1v) is 4.15. The first-order valence-electron chi connectivity index (χ1n) is 3.40. The molecule has 0 unspecified atom stereocenters. The van der Waals surface area contributed by atoms with Gasteiger partial charge in [-0.2, -0.15) is 0 Å². The number of halogens is 2. The molecule has 4 nitrogen and oxygen atoms in total. The maximum Gasteiger partial charge on any atom is 0.267 e. The first kappa shape index (κ1) is 10.2. The van der Waals surface area contributed by atoms with Gasteiger partial charge in [0.2, 0.25) is 0 Å². The highest BCUT2D eigenvalue weighted by molar-refractivity contribution is 6.41. The fourth-order valence-corrected chi connectivity index (χ4v) is 1.19. The zero-order chi connectivity index (χ0) is 10.0. The van der Waals surface area contributed by atoms with Crippen LogP contribution in [-0.2, 0) is 0 Å². The summed E-state index contributed by atoms with van der Waals surface area (Å²) in [5, 5.41) is 0.401. The molecule has 0 radical (unpaired) electrons. The van der Waals surface area contributed by atoms with Crippen molar-refractivity contribution in [2.24, 2.45) is 5.84 Å². The van der Waals surface area contributed by atoms with E-state index in [1.165, 1.54) is 6.07 Å². The molecule has 1 aromatic rings. The Morgan fingerprint density at radius 1 is 1.62 bits per heavy atom. The zero-order valence-corrected chi connectivity index (χ0v) is 8.28. The van der Waals surface area contributed by atoms with Crippen molar-refractivity contribution in [3.05, 3.63) is 27.5 Å². The summed E-state index contributed by atoms with van der Waals surface area (Å²) in [5.74, 6) is 4.52. The topological polar surface area (TPSA) is 68.0 Å². The molecule has 0 aliphatic carbocycles. The quantitative estimate of drug-likeness (QED) is 0.324. The largest absolute Gasteiger partial charge is 0.290 e. The maximum atomic E-state index is 11.1. The molecule has 0 aliphatic rings. The Morgan fingerprint density at radius 2 is 2.23 bits per heavy atom. The molecule has 0 aromatic carbocycles. The van der Waals surface area contributed by atoms with E-state index in [2.05, 4.69) is 4.98 Å². The SMILES string of the molecule is Cc1nc(Cl)c(Cl)cc1C(=O)NN. The molecule has 6 heteroatoms. The summed E-state index contributed by atoms with van der Waals surface area (Å²) in [6, 6.07) is 1.43. The predicted molar refractivity (Wildman–Crippen MR) is 50.6 cm³/mol. The van der Waals surface area contributed by atoms with Crippen molar-refractivity contribution >= 4 is 29.1 Å². The second-order valence-electron chi connectivity index (χ2n) is 2.37. The summed E-state index contributed by atoms with van der Waals surface area (Å²) >= 11 is 11.3. The highest BCUT2D eigenvalue weighted by Gasteiger charge is 2.11. The van der Waals surface area contributed by atoms with Gasteiger partial charge in [0.15, 0.2) is 0 Å². The van der Waals surface area contributed by atoms with Crippen LogP contribution in [0.5, 0.6) is 0 Å². The Labute approximate surface area is 85.0 Å². The highest BCUT2D eigenvalue weighted by atomic mass is 35.5. The monoisotopic (exact) mass is 219 g/mol. The minimum absolute atomic E-state index is 0.174. The number of amides is 1. The van der Waals surface area contributed by atoms with Gasteiger partial charge in [0.25, 0.3) is 5.91 Å². The van der Waals surface area contributed by atoms with Crippen LogP contribution in [0, 0.1) is 6.92 Å². The highest BCUT2D eigenvalue weighted by Crippen LogP contribution is 2.21. The number of nitrogens with one attached hydrogen (secondary N) is 1. The van der Waals surface area contributed by atoms with Crippen LogP contribution < -0.4 is 11.3 Å². The van der Waals surface area contributed by atoms with E-state index in [0.29, 0.717) is 11.3 Å². The standard InChI is InChI=1S/C7H7Cl2N3O/c1-3-4(7(13)12-10)2-5(8)6(9)11-3/h2H,10H2,1H3,(H,12,13). The van der Waals surface area contributed by atoms with Crippen LogP contribution in [0.15, 0.2) is 6.07 Å². The molecule has 0 fully saturated rings. The van der Waals surface area contributed by atoms with Crippen LogP contribution in [0.3, 0.4) is 0 Å². The molecule has 1 rings (SSSR count). The van der Waals surface area contributed by atoms with Gasteiger partial charge in [-0.05, 0) is 13.0 Å². The summed E-state index contributed by atoms with van der Waals surface area (Å²) in [6.07, 6.45) is 0. The van der Waals surface area contributed by atoms with Gasteiger partial charge in [0.05, 0.1) is 16.3 Å². The molecule has 0 saturated carbocycles. The van der Waals surface area contributed by atoms with Gasteiger partial charge in [-0.15, -0.1) is 0 Å². The minimum Gasteiger partial charge on any atom is -0.290 e. The Hall–Kier alpha value is -0.840. The van der Waals surface area contributed by atoms with Gasteiger partial charge < -0.3 is 0 Å². The third-order valence-corrected chi connectivity index (χ3v) is 2.17. The number of hydrogen-bond donors (Lipinski definition) is 2. The second kappa shape index (κ2) is 3.91. The molecule has 0 spiro atoms. The molecule has 70 valence electrons. The van der Waals surface area contributed by atoms with E-state index in [-0.39, 0.29) is 10.2 Å². The van der Waals surface area contributed by atoms with Crippen LogP contribution >= 0.6 is 23.2 Å². The molecule has 1 amide bonds. The third kappa shape index (κ3) is 2.09. The molecule has 3 N–H and O–H groups in total. The predicted octanol–water partition coefficient (Wildman–Crippen LogP) is 1.30. The fraction of sp³-hybridized carbons (Fsp3) is 0.143. The molecular weight excluding hydrogens is 213 g/mol. The lowest BCUT2D eigenvalue weighted by atomic mass is 10.2. The summed E-state index contributed by atoms with van der Waals surface area (Å²) in [7, 11) is 0. The average Bonchev–Trinajstić information content (AvgIpc) is 2.10.